The maximum atomic E-state index is 4.09. The molecule has 3 heteroatoms. The quantitative estimate of drug-likeness (QED) is 0.293. The van der Waals surface area contributed by atoms with E-state index in [-0.39, 0.29) is 5.41 Å². The average molecular weight is 477 g/mol. The molecule has 0 unspecified atom stereocenters. The van der Waals surface area contributed by atoms with Crippen LogP contribution in [-0.2, 0) is 5.41 Å². The molecule has 0 atom stereocenters. The Kier molecular flexibility index (Phi) is 5.90. The predicted octanol–water partition coefficient (Wildman–Crippen LogP) is 9.75. The molecule has 0 amide bonds. The summed E-state index contributed by atoms with van der Waals surface area (Å²) in [6.07, 6.45) is 10.6. The maximum Gasteiger partial charge on any atom is 0.102 e. The summed E-state index contributed by atoms with van der Waals surface area (Å²) in [7, 11) is 0. The van der Waals surface area contributed by atoms with E-state index in [4.69, 9.17) is 0 Å². The van der Waals surface area contributed by atoms with E-state index >= 15 is 0 Å². The van der Waals surface area contributed by atoms with Gasteiger partial charge in [-0.25, -0.2) is 0 Å². The minimum atomic E-state index is 0.0299. The van der Waals surface area contributed by atoms with Crippen molar-refractivity contribution in [2.75, 3.05) is 5.32 Å². The van der Waals surface area contributed by atoms with Gasteiger partial charge in [0.15, 0.2) is 0 Å². The van der Waals surface area contributed by atoms with Crippen LogP contribution in [0.4, 0.5) is 10.7 Å². The number of nitrogens with one attached hydrogen (secondary N) is 1. The second-order valence-electron chi connectivity index (χ2n) is 9.54. The van der Waals surface area contributed by atoms with Crippen molar-refractivity contribution < 1.29 is 0 Å². The van der Waals surface area contributed by atoms with Gasteiger partial charge in [0.05, 0.1) is 16.2 Å². The molecule has 176 valence electrons. The topological polar surface area (TPSA) is 17.0 Å². The zero-order valence-electron chi connectivity index (χ0n) is 21.1. The van der Waals surface area contributed by atoms with E-state index in [1.807, 2.05) is 6.08 Å². The molecule has 0 bridgehead atoms. The van der Waals surface area contributed by atoms with Crippen molar-refractivity contribution in [1.29, 1.82) is 0 Å². The van der Waals surface area contributed by atoms with E-state index in [2.05, 4.69) is 130 Å². The highest BCUT2D eigenvalue weighted by molar-refractivity contribution is 7.18. The van der Waals surface area contributed by atoms with E-state index < -0.39 is 0 Å². The number of para-hydroxylation sites is 1. The predicted molar refractivity (Wildman–Crippen MR) is 156 cm³/mol. The molecular weight excluding hydrogens is 444 g/mol. The summed E-state index contributed by atoms with van der Waals surface area (Å²) in [6, 6.07) is 19.7. The minimum Gasteiger partial charge on any atom is -0.347 e. The van der Waals surface area contributed by atoms with Gasteiger partial charge < -0.3 is 9.88 Å². The van der Waals surface area contributed by atoms with Crippen molar-refractivity contribution in [1.82, 2.24) is 4.57 Å². The molecule has 2 aromatic carbocycles. The standard InChI is InChI=1S/C32H32N2S/c1-7-12-26-21(4)25-20-22(16-17-27(25)32(26,5)6)33-30-18-19-31(35-30)34-28(13-8-2)23(9-3)24-14-10-11-15-29(24)34/h7-20,33H,3H2,1-2,4-6H3/b12-7-,13-8-. The Morgan fingerprint density at radius 1 is 0.971 bits per heavy atom. The average Bonchev–Trinajstić information content (AvgIpc) is 3.48. The van der Waals surface area contributed by atoms with Crippen LogP contribution in [0.3, 0.4) is 0 Å². The molecule has 35 heavy (non-hydrogen) atoms. The Morgan fingerprint density at radius 2 is 1.74 bits per heavy atom. The molecule has 1 aliphatic rings. The minimum absolute atomic E-state index is 0.0299. The highest BCUT2D eigenvalue weighted by Gasteiger charge is 2.34. The van der Waals surface area contributed by atoms with Crippen LogP contribution in [0.5, 0.6) is 0 Å². The molecule has 2 aromatic heterocycles. The van der Waals surface area contributed by atoms with Crippen molar-refractivity contribution >= 4 is 50.7 Å². The van der Waals surface area contributed by atoms with Crippen LogP contribution in [0.25, 0.3) is 33.6 Å². The summed E-state index contributed by atoms with van der Waals surface area (Å²) < 4.78 is 2.34. The van der Waals surface area contributed by atoms with Crippen molar-refractivity contribution in [3.8, 4) is 5.00 Å². The number of hydrogen-bond acceptors (Lipinski definition) is 2. The van der Waals surface area contributed by atoms with Crippen LogP contribution >= 0.6 is 11.3 Å². The first kappa shape index (κ1) is 23.2. The van der Waals surface area contributed by atoms with Crippen LogP contribution in [-0.4, -0.2) is 4.57 Å². The molecule has 4 aromatic rings. The number of anilines is 2. The summed E-state index contributed by atoms with van der Waals surface area (Å²) in [6.45, 7) is 15.1. The first-order valence-corrected chi connectivity index (χ1v) is 13.0. The number of fused-ring (bicyclic) bond motifs is 2. The smallest absolute Gasteiger partial charge is 0.102 e. The second kappa shape index (κ2) is 8.90. The zero-order chi connectivity index (χ0) is 24.7. The molecule has 2 nitrogen and oxygen atoms in total. The summed E-state index contributed by atoms with van der Waals surface area (Å²) in [5, 5.41) is 7.19. The third-order valence-corrected chi connectivity index (χ3v) is 8.05. The molecule has 0 radical (unpaired) electrons. The zero-order valence-corrected chi connectivity index (χ0v) is 22.0. The summed E-state index contributed by atoms with van der Waals surface area (Å²) in [5.41, 5.74) is 10.2. The van der Waals surface area contributed by atoms with Gasteiger partial charge in [0, 0.05) is 22.1 Å². The molecule has 0 saturated carbocycles. The van der Waals surface area contributed by atoms with E-state index in [0.717, 1.165) is 16.4 Å². The summed E-state index contributed by atoms with van der Waals surface area (Å²) >= 11 is 1.76. The van der Waals surface area contributed by atoms with Gasteiger partial charge in [-0.1, -0.05) is 69.0 Å². The van der Waals surface area contributed by atoms with Gasteiger partial charge in [-0.05, 0) is 79.5 Å². The fraction of sp³-hybridized carbons (Fsp3) is 0.188. The lowest BCUT2D eigenvalue weighted by molar-refractivity contribution is 0.654. The molecule has 1 aliphatic carbocycles. The molecule has 0 saturated heterocycles. The summed E-state index contributed by atoms with van der Waals surface area (Å²) in [5.74, 6) is 0. The van der Waals surface area contributed by atoms with Gasteiger partial charge in [0.25, 0.3) is 0 Å². The Bertz CT molecular complexity index is 1540. The lowest BCUT2D eigenvalue weighted by atomic mass is 9.81. The first-order chi connectivity index (χ1) is 16.9. The van der Waals surface area contributed by atoms with Crippen molar-refractivity contribution in [3.05, 3.63) is 107 Å². The fourth-order valence-corrected chi connectivity index (χ4v) is 6.41. The van der Waals surface area contributed by atoms with E-state index in [0.29, 0.717) is 0 Å². The SMILES string of the molecule is C=Cc1c(/C=C\C)n(-c2ccc(Nc3ccc4c(c3)C(C)=C(/C=C\C)C4(C)C)s2)c2ccccc12. The monoisotopic (exact) mass is 476 g/mol. The van der Waals surface area contributed by atoms with Crippen LogP contribution < -0.4 is 5.32 Å². The molecular formula is C32H32N2S. The molecule has 1 N–H and O–H groups in total. The Labute approximate surface area is 212 Å². The van der Waals surface area contributed by atoms with Gasteiger partial charge >= 0.3 is 0 Å². The number of thiophene rings is 1. The van der Waals surface area contributed by atoms with E-state index in [1.54, 1.807) is 11.3 Å². The van der Waals surface area contributed by atoms with E-state index in [9.17, 15) is 0 Å². The maximum absolute atomic E-state index is 4.09. The van der Waals surface area contributed by atoms with Gasteiger partial charge in [0.2, 0.25) is 0 Å². The molecule has 0 spiro atoms. The number of benzene rings is 2. The number of allylic oxidation sites excluding steroid dienone is 5. The van der Waals surface area contributed by atoms with Crippen LogP contribution in [0.1, 0.15) is 57.0 Å². The number of aromatic nitrogens is 1. The first-order valence-electron chi connectivity index (χ1n) is 12.2. The fourth-order valence-electron chi connectivity index (χ4n) is 5.45. The summed E-state index contributed by atoms with van der Waals surface area (Å²) in [4.78, 5) is 0. The van der Waals surface area contributed by atoms with Gasteiger partial charge in [0.1, 0.15) is 5.00 Å². The molecule has 0 aliphatic heterocycles. The highest BCUT2D eigenvalue weighted by Crippen LogP contribution is 2.47. The molecule has 0 fully saturated rings. The Balaban J connectivity index is 1.53. The largest absolute Gasteiger partial charge is 0.347 e. The Hall–Kier alpha value is -3.56. The van der Waals surface area contributed by atoms with E-state index in [1.165, 1.54) is 43.7 Å². The van der Waals surface area contributed by atoms with Gasteiger partial charge in [-0.2, -0.15) is 0 Å². The van der Waals surface area contributed by atoms with Crippen LogP contribution in [0.15, 0.2) is 85.0 Å². The highest BCUT2D eigenvalue weighted by atomic mass is 32.1. The molecule has 2 heterocycles. The number of hydrogen-bond donors (Lipinski definition) is 1. The van der Waals surface area contributed by atoms with Crippen LogP contribution in [0, 0.1) is 0 Å². The van der Waals surface area contributed by atoms with Gasteiger partial charge in [-0.15, -0.1) is 11.3 Å². The van der Waals surface area contributed by atoms with Crippen molar-refractivity contribution in [2.45, 2.75) is 40.0 Å². The lowest BCUT2D eigenvalue weighted by Gasteiger charge is -2.23. The Morgan fingerprint density at radius 3 is 2.49 bits per heavy atom. The second-order valence-corrected chi connectivity index (χ2v) is 10.6. The number of rotatable bonds is 6. The van der Waals surface area contributed by atoms with Crippen molar-refractivity contribution in [3.63, 3.8) is 0 Å². The normalized spacial score (nSPS) is 15.0. The van der Waals surface area contributed by atoms with Crippen LogP contribution in [0.2, 0.25) is 0 Å². The third kappa shape index (κ3) is 3.71. The molecule has 5 rings (SSSR count). The lowest BCUT2D eigenvalue weighted by Crippen LogP contribution is -2.16. The van der Waals surface area contributed by atoms with Crippen molar-refractivity contribution in [2.24, 2.45) is 0 Å². The number of nitrogens with zero attached hydrogens (tertiary/aromatic N) is 1. The van der Waals surface area contributed by atoms with Gasteiger partial charge in [-0.3, -0.25) is 0 Å². The third-order valence-electron chi connectivity index (χ3n) is 7.07.